The van der Waals surface area contributed by atoms with Crippen molar-refractivity contribution >= 4 is 21.6 Å². The highest BCUT2D eigenvalue weighted by molar-refractivity contribution is 9.10. The van der Waals surface area contributed by atoms with E-state index in [0.29, 0.717) is 10.0 Å². The quantitative estimate of drug-likeness (QED) is 0.674. The van der Waals surface area contributed by atoms with Gasteiger partial charge in [0, 0.05) is 16.1 Å². The van der Waals surface area contributed by atoms with Crippen LogP contribution in [0.4, 0.5) is 5.69 Å². The van der Waals surface area contributed by atoms with Crippen LogP contribution in [0.25, 0.3) is 0 Å². The van der Waals surface area contributed by atoms with Crippen LogP contribution in [0, 0.1) is 10.1 Å². The fraction of sp³-hybridized carbons (Fsp3) is 0.538. The SMILES string of the molecule is C[C@H](O)c1cc(Br)cc([N+](=O)[O-])c1OC1CCCC1. The number of nitro groups is 1. The van der Waals surface area contributed by atoms with E-state index in [-0.39, 0.29) is 17.5 Å². The number of hydrogen-bond acceptors (Lipinski definition) is 4. The van der Waals surface area contributed by atoms with Crippen molar-refractivity contribution in [2.24, 2.45) is 0 Å². The lowest BCUT2D eigenvalue weighted by Gasteiger charge is -2.18. The zero-order valence-corrected chi connectivity index (χ0v) is 12.2. The Kier molecular flexibility index (Phi) is 4.42. The average molecular weight is 330 g/mol. The van der Waals surface area contributed by atoms with Crippen LogP contribution in [0.1, 0.15) is 44.3 Å². The minimum Gasteiger partial charge on any atom is -0.483 e. The lowest BCUT2D eigenvalue weighted by molar-refractivity contribution is -0.386. The highest BCUT2D eigenvalue weighted by Gasteiger charge is 2.27. The Morgan fingerprint density at radius 1 is 1.47 bits per heavy atom. The van der Waals surface area contributed by atoms with Crippen LogP contribution in [0.3, 0.4) is 0 Å². The standard InChI is InChI=1S/C13H16BrNO4/c1-8(16)11-6-9(14)7-12(15(17)18)13(11)19-10-4-2-3-5-10/h6-8,10,16H,2-5H2,1H3/t8-/m0/s1. The van der Waals surface area contributed by atoms with Gasteiger partial charge in [0.2, 0.25) is 5.75 Å². The van der Waals surface area contributed by atoms with Gasteiger partial charge in [0.1, 0.15) is 0 Å². The van der Waals surface area contributed by atoms with E-state index in [4.69, 9.17) is 4.74 Å². The van der Waals surface area contributed by atoms with E-state index < -0.39 is 11.0 Å². The molecule has 1 N–H and O–H groups in total. The molecule has 19 heavy (non-hydrogen) atoms. The maximum absolute atomic E-state index is 11.1. The predicted octanol–water partition coefficient (Wildman–Crippen LogP) is 3.73. The second kappa shape index (κ2) is 5.88. The van der Waals surface area contributed by atoms with Gasteiger partial charge in [0.25, 0.3) is 0 Å². The minimum atomic E-state index is -0.812. The molecule has 2 rings (SSSR count). The van der Waals surface area contributed by atoms with Crippen molar-refractivity contribution in [2.45, 2.75) is 44.8 Å². The molecule has 0 aromatic heterocycles. The van der Waals surface area contributed by atoms with Gasteiger partial charge in [-0.3, -0.25) is 10.1 Å². The normalized spacial score (nSPS) is 17.4. The monoisotopic (exact) mass is 329 g/mol. The van der Waals surface area contributed by atoms with Crippen LogP contribution in [0.2, 0.25) is 0 Å². The van der Waals surface area contributed by atoms with Crippen molar-refractivity contribution in [1.82, 2.24) is 0 Å². The van der Waals surface area contributed by atoms with E-state index in [1.165, 1.54) is 6.07 Å². The molecule has 104 valence electrons. The Morgan fingerprint density at radius 2 is 2.11 bits per heavy atom. The summed E-state index contributed by atoms with van der Waals surface area (Å²) in [5.41, 5.74) is 0.352. The van der Waals surface area contributed by atoms with E-state index in [9.17, 15) is 15.2 Å². The van der Waals surface area contributed by atoms with Gasteiger partial charge in [0.05, 0.1) is 17.1 Å². The summed E-state index contributed by atoms with van der Waals surface area (Å²) >= 11 is 3.23. The highest BCUT2D eigenvalue weighted by atomic mass is 79.9. The van der Waals surface area contributed by atoms with E-state index in [0.717, 1.165) is 25.7 Å². The summed E-state index contributed by atoms with van der Waals surface area (Å²) in [6, 6.07) is 3.08. The average Bonchev–Trinajstić information content (AvgIpc) is 2.83. The molecule has 0 spiro atoms. The summed E-state index contributed by atoms with van der Waals surface area (Å²) in [4.78, 5) is 10.7. The van der Waals surface area contributed by atoms with Gasteiger partial charge in [-0.05, 0) is 38.7 Å². The van der Waals surface area contributed by atoms with Crippen LogP contribution >= 0.6 is 15.9 Å². The molecular weight excluding hydrogens is 314 g/mol. The zero-order valence-electron chi connectivity index (χ0n) is 10.6. The van der Waals surface area contributed by atoms with Gasteiger partial charge in [-0.15, -0.1) is 0 Å². The first-order chi connectivity index (χ1) is 8.99. The molecule has 0 bridgehead atoms. The van der Waals surface area contributed by atoms with Crippen molar-refractivity contribution in [3.05, 3.63) is 32.3 Å². The molecule has 5 nitrogen and oxygen atoms in total. The second-order valence-electron chi connectivity index (χ2n) is 4.80. The number of rotatable bonds is 4. The van der Waals surface area contributed by atoms with Gasteiger partial charge in [-0.2, -0.15) is 0 Å². The summed E-state index contributed by atoms with van der Waals surface area (Å²) in [7, 11) is 0. The third kappa shape index (κ3) is 3.25. The van der Waals surface area contributed by atoms with Crippen LogP contribution in [-0.4, -0.2) is 16.1 Å². The topological polar surface area (TPSA) is 72.6 Å². The molecule has 6 heteroatoms. The maximum Gasteiger partial charge on any atom is 0.312 e. The Balaban J connectivity index is 2.43. The first kappa shape index (κ1) is 14.3. The fourth-order valence-electron chi connectivity index (χ4n) is 2.35. The Labute approximate surface area is 119 Å². The second-order valence-corrected chi connectivity index (χ2v) is 5.72. The van der Waals surface area contributed by atoms with E-state index in [1.807, 2.05) is 0 Å². The van der Waals surface area contributed by atoms with Gasteiger partial charge in [-0.1, -0.05) is 15.9 Å². The molecule has 1 aromatic carbocycles. The van der Waals surface area contributed by atoms with Crippen molar-refractivity contribution in [3.63, 3.8) is 0 Å². The Bertz CT molecular complexity index is 484. The summed E-state index contributed by atoms with van der Waals surface area (Å²) < 4.78 is 6.36. The number of aliphatic hydroxyl groups is 1. The summed E-state index contributed by atoms with van der Waals surface area (Å²) in [5, 5.41) is 20.9. The number of halogens is 1. The van der Waals surface area contributed by atoms with Gasteiger partial charge in [0.15, 0.2) is 0 Å². The number of nitro benzene ring substituents is 1. The first-order valence-corrected chi connectivity index (χ1v) is 7.11. The van der Waals surface area contributed by atoms with Crippen molar-refractivity contribution < 1.29 is 14.8 Å². The van der Waals surface area contributed by atoms with Gasteiger partial charge in [-0.25, -0.2) is 0 Å². The molecule has 1 fully saturated rings. The maximum atomic E-state index is 11.1. The lowest BCUT2D eigenvalue weighted by Crippen LogP contribution is -2.14. The van der Waals surface area contributed by atoms with Crippen molar-refractivity contribution in [3.8, 4) is 5.75 Å². The Hall–Kier alpha value is -1.14. The van der Waals surface area contributed by atoms with E-state index in [2.05, 4.69) is 15.9 Å². The highest BCUT2D eigenvalue weighted by Crippen LogP contribution is 2.39. The largest absolute Gasteiger partial charge is 0.483 e. The van der Waals surface area contributed by atoms with Crippen LogP contribution < -0.4 is 4.74 Å². The van der Waals surface area contributed by atoms with Crippen LogP contribution in [-0.2, 0) is 0 Å². The molecule has 0 unspecified atom stereocenters. The predicted molar refractivity (Wildman–Crippen MR) is 74.3 cm³/mol. The van der Waals surface area contributed by atoms with Crippen LogP contribution in [0.5, 0.6) is 5.75 Å². The summed E-state index contributed by atoms with van der Waals surface area (Å²) in [6.07, 6.45) is 3.18. The van der Waals surface area contributed by atoms with Crippen LogP contribution in [0.15, 0.2) is 16.6 Å². The zero-order chi connectivity index (χ0) is 14.0. The molecule has 1 aliphatic carbocycles. The van der Waals surface area contributed by atoms with Crippen molar-refractivity contribution in [2.75, 3.05) is 0 Å². The van der Waals surface area contributed by atoms with Gasteiger partial charge >= 0.3 is 5.69 Å². The number of nitrogens with zero attached hydrogens (tertiary/aromatic N) is 1. The molecule has 1 atom stereocenters. The third-order valence-corrected chi connectivity index (χ3v) is 3.75. The van der Waals surface area contributed by atoms with Gasteiger partial charge < -0.3 is 9.84 Å². The minimum absolute atomic E-state index is 0.0115. The fourth-order valence-corrected chi connectivity index (χ4v) is 2.81. The van der Waals surface area contributed by atoms with Crippen molar-refractivity contribution in [1.29, 1.82) is 0 Å². The molecule has 1 aromatic rings. The summed E-state index contributed by atoms with van der Waals surface area (Å²) in [5.74, 6) is 0.204. The third-order valence-electron chi connectivity index (χ3n) is 3.30. The molecular formula is C13H16BrNO4. The molecule has 0 radical (unpaired) electrons. The number of ether oxygens (including phenoxy) is 1. The van der Waals surface area contributed by atoms with E-state index >= 15 is 0 Å². The molecule has 0 heterocycles. The first-order valence-electron chi connectivity index (χ1n) is 6.31. The summed E-state index contributed by atoms with van der Waals surface area (Å²) in [6.45, 7) is 1.58. The molecule has 0 aliphatic heterocycles. The molecule has 0 amide bonds. The number of aliphatic hydroxyl groups excluding tert-OH is 1. The number of hydrogen-bond donors (Lipinski definition) is 1. The molecule has 1 aliphatic rings. The Morgan fingerprint density at radius 3 is 2.63 bits per heavy atom. The lowest BCUT2D eigenvalue weighted by atomic mass is 10.1. The van der Waals surface area contributed by atoms with E-state index in [1.54, 1.807) is 13.0 Å². The number of benzene rings is 1. The molecule has 1 saturated carbocycles. The molecule has 0 saturated heterocycles. The smallest absolute Gasteiger partial charge is 0.312 e.